The maximum atomic E-state index is 13.1. The Balaban J connectivity index is 1.57. The minimum absolute atomic E-state index is 0.148. The van der Waals surface area contributed by atoms with Crippen molar-refractivity contribution in [3.05, 3.63) is 94.7 Å². The largest absolute Gasteiger partial charge is 0.467 e. The van der Waals surface area contributed by atoms with Crippen LogP contribution >= 0.6 is 11.3 Å². The quantitative estimate of drug-likeness (QED) is 0.436. The number of fused-ring (bicyclic) bond motifs is 1. The van der Waals surface area contributed by atoms with Gasteiger partial charge in [-0.05, 0) is 29.6 Å². The molecular weight excluding hydrogens is 396 g/mol. The lowest BCUT2D eigenvalue weighted by atomic mass is 10.1. The Morgan fingerprint density at radius 1 is 1.10 bits per heavy atom. The van der Waals surface area contributed by atoms with Crippen LogP contribution in [0.3, 0.4) is 0 Å². The summed E-state index contributed by atoms with van der Waals surface area (Å²) in [6.45, 7) is 0.930. The average Bonchev–Trinajstić information content (AvgIpc) is 3.55. The Morgan fingerprint density at radius 3 is 2.77 bits per heavy atom. The molecule has 1 amide bonds. The predicted molar refractivity (Wildman–Crippen MR) is 116 cm³/mol. The van der Waals surface area contributed by atoms with E-state index in [1.54, 1.807) is 28.5 Å². The Kier molecular flexibility index (Phi) is 4.86. The van der Waals surface area contributed by atoms with E-state index < -0.39 is 0 Å². The fourth-order valence-corrected chi connectivity index (χ4v) is 3.98. The van der Waals surface area contributed by atoms with Gasteiger partial charge in [-0.1, -0.05) is 36.4 Å². The van der Waals surface area contributed by atoms with E-state index in [0.29, 0.717) is 29.7 Å². The fraction of sp³-hybridized carbons (Fsp3) is 0.0870. The number of nitrogens with one attached hydrogen (secondary N) is 1. The lowest BCUT2D eigenvalue weighted by molar-refractivity contribution is 0.0953. The van der Waals surface area contributed by atoms with E-state index in [9.17, 15) is 4.79 Å². The van der Waals surface area contributed by atoms with E-state index in [-0.39, 0.29) is 5.91 Å². The van der Waals surface area contributed by atoms with Crippen LogP contribution in [0.25, 0.3) is 22.3 Å². The number of thiophene rings is 1. The molecule has 148 valence electrons. The van der Waals surface area contributed by atoms with Crippen LogP contribution in [0.1, 0.15) is 21.0 Å². The summed E-state index contributed by atoms with van der Waals surface area (Å²) in [5.41, 5.74) is 2.87. The Hall–Kier alpha value is -3.71. The SMILES string of the molecule is O=C(NCc1cccs1)c1cc(-c2ccccc2)nc2c1cnn2Cc1ccco1. The first-order chi connectivity index (χ1) is 14.8. The average molecular weight is 414 g/mol. The normalized spacial score (nSPS) is 11.1. The number of hydrogen-bond acceptors (Lipinski definition) is 5. The Bertz CT molecular complexity index is 1280. The number of carbonyl (C=O) groups excluding carboxylic acids is 1. The first kappa shape index (κ1) is 18.3. The van der Waals surface area contributed by atoms with Crippen molar-refractivity contribution < 1.29 is 9.21 Å². The van der Waals surface area contributed by atoms with E-state index in [1.807, 2.05) is 66.0 Å². The summed E-state index contributed by atoms with van der Waals surface area (Å²) in [5.74, 6) is 0.626. The van der Waals surface area contributed by atoms with Crippen LogP contribution in [0.15, 0.2) is 82.9 Å². The van der Waals surface area contributed by atoms with Gasteiger partial charge in [0.25, 0.3) is 5.91 Å². The Labute approximate surface area is 176 Å². The molecule has 0 aliphatic rings. The highest BCUT2D eigenvalue weighted by Gasteiger charge is 2.18. The summed E-state index contributed by atoms with van der Waals surface area (Å²) in [6, 6.07) is 19.4. The molecule has 4 aromatic heterocycles. The molecule has 5 aromatic rings. The second kappa shape index (κ2) is 7.96. The number of hydrogen-bond donors (Lipinski definition) is 1. The van der Waals surface area contributed by atoms with Crippen LogP contribution in [-0.4, -0.2) is 20.7 Å². The smallest absolute Gasteiger partial charge is 0.252 e. The van der Waals surface area contributed by atoms with E-state index in [1.165, 1.54) is 0 Å². The molecule has 0 unspecified atom stereocenters. The van der Waals surface area contributed by atoms with E-state index in [2.05, 4.69) is 10.4 Å². The molecular formula is C23H18N4O2S. The van der Waals surface area contributed by atoms with E-state index >= 15 is 0 Å². The van der Waals surface area contributed by atoms with Gasteiger partial charge in [-0.2, -0.15) is 5.10 Å². The number of aromatic nitrogens is 3. The van der Waals surface area contributed by atoms with Crippen molar-refractivity contribution in [1.29, 1.82) is 0 Å². The summed E-state index contributed by atoms with van der Waals surface area (Å²) >= 11 is 1.62. The summed E-state index contributed by atoms with van der Waals surface area (Å²) in [5, 5.41) is 10.2. The molecule has 0 fully saturated rings. The summed E-state index contributed by atoms with van der Waals surface area (Å²) in [4.78, 5) is 19.0. The highest BCUT2D eigenvalue weighted by molar-refractivity contribution is 7.09. The molecule has 7 heteroatoms. The molecule has 0 spiro atoms. The molecule has 5 rings (SSSR count). The zero-order valence-electron chi connectivity index (χ0n) is 16.0. The molecule has 0 bridgehead atoms. The van der Waals surface area contributed by atoms with Crippen LogP contribution < -0.4 is 5.32 Å². The van der Waals surface area contributed by atoms with Gasteiger partial charge >= 0.3 is 0 Å². The highest BCUT2D eigenvalue weighted by Crippen LogP contribution is 2.25. The van der Waals surface area contributed by atoms with Gasteiger partial charge in [0.05, 0.1) is 35.6 Å². The summed E-state index contributed by atoms with van der Waals surface area (Å²) in [6.07, 6.45) is 3.33. The van der Waals surface area contributed by atoms with Gasteiger partial charge in [0.15, 0.2) is 5.65 Å². The number of furan rings is 1. The first-order valence-electron chi connectivity index (χ1n) is 9.53. The van der Waals surface area contributed by atoms with Crippen molar-refractivity contribution >= 4 is 28.3 Å². The third-order valence-corrected chi connectivity index (χ3v) is 5.69. The third kappa shape index (κ3) is 3.62. The van der Waals surface area contributed by atoms with E-state index in [4.69, 9.17) is 9.40 Å². The molecule has 4 heterocycles. The second-order valence-corrected chi connectivity index (χ2v) is 7.83. The first-order valence-corrected chi connectivity index (χ1v) is 10.4. The van der Waals surface area contributed by atoms with Crippen molar-refractivity contribution in [2.75, 3.05) is 0 Å². The zero-order valence-corrected chi connectivity index (χ0v) is 16.8. The summed E-state index contributed by atoms with van der Waals surface area (Å²) < 4.78 is 7.22. The molecule has 0 saturated heterocycles. The van der Waals surface area contributed by atoms with Gasteiger partial charge in [-0.15, -0.1) is 11.3 Å². The number of rotatable bonds is 6. The van der Waals surface area contributed by atoms with Gasteiger partial charge in [0.1, 0.15) is 12.3 Å². The Morgan fingerprint density at radius 2 is 2.00 bits per heavy atom. The van der Waals surface area contributed by atoms with Gasteiger partial charge in [-0.25, -0.2) is 9.67 Å². The minimum atomic E-state index is -0.148. The van der Waals surface area contributed by atoms with Crippen LogP contribution in [0.4, 0.5) is 0 Å². The van der Waals surface area contributed by atoms with Crippen LogP contribution in [-0.2, 0) is 13.1 Å². The molecule has 0 aliphatic heterocycles. The zero-order chi connectivity index (χ0) is 20.3. The van der Waals surface area contributed by atoms with Crippen molar-refractivity contribution in [2.24, 2.45) is 0 Å². The minimum Gasteiger partial charge on any atom is -0.467 e. The van der Waals surface area contributed by atoms with Gasteiger partial charge in [-0.3, -0.25) is 4.79 Å². The number of pyridine rings is 1. The molecule has 6 nitrogen and oxygen atoms in total. The van der Waals surface area contributed by atoms with Gasteiger partial charge in [0.2, 0.25) is 0 Å². The van der Waals surface area contributed by atoms with Crippen molar-refractivity contribution in [1.82, 2.24) is 20.1 Å². The van der Waals surface area contributed by atoms with Crippen LogP contribution in [0.5, 0.6) is 0 Å². The second-order valence-electron chi connectivity index (χ2n) is 6.80. The molecule has 30 heavy (non-hydrogen) atoms. The maximum absolute atomic E-state index is 13.1. The number of nitrogens with zero attached hydrogens (tertiary/aromatic N) is 3. The number of amides is 1. The van der Waals surface area contributed by atoms with Crippen LogP contribution in [0, 0.1) is 0 Å². The predicted octanol–water partition coefficient (Wildman–Crippen LogP) is 4.73. The lowest BCUT2D eigenvalue weighted by Crippen LogP contribution is -2.22. The number of benzene rings is 1. The molecule has 0 aliphatic carbocycles. The fourth-order valence-electron chi connectivity index (χ4n) is 3.33. The van der Waals surface area contributed by atoms with E-state index in [0.717, 1.165) is 21.9 Å². The molecule has 0 atom stereocenters. The molecule has 1 N–H and O–H groups in total. The van der Waals surface area contributed by atoms with Gasteiger partial charge in [0, 0.05) is 10.4 Å². The lowest BCUT2D eigenvalue weighted by Gasteiger charge is -2.09. The molecule has 0 saturated carbocycles. The third-order valence-electron chi connectivity index (χ3n) is 4.81. The van der Waals surface area contributed by atoms with Crippen molar-refractivity contribution in [3.63, 3.8) is 0 Å². The topological polar surface area (TPSA) is 73.0 Å². The van der Waals surface area contributed by atoms with Crippen molar-refractivity contribution in [3.8, 4) is 11.3 Å². The molecule has 0 radical (unpaired) electrons. The van der Waals surface area contributed by atoms with Gasteiger partial charge < -0.3 is 9.73 Å². The van der Waals surface area contributed by atoms with Crippen molar-refractivity contribution in [2.45, 2.75) is 13.1 Å². The standard InChI is InChI=1S/C23H18N4O2S/c28-23(24-13-18-9-5-11-30-18)19-12-21(16-6-2-1-3-7-16)26-22-20(19)14-25-27(22)15-17-8-4-10-29-17/h1-12,14H,13,15H2,(H,24,28). The highest BCUT2D eigenvalue weighted by atomic mass is 32.1. The monoisotopic (exact) mass is 414 g/mol. The maximum Gasteiger partial charge on any atom is 0.252 e. The molecule has 1 aromatic carbocycles. The number of carbonyl (C=O) groups is 1. The van der Waals surface area contributed by atoms with Crippen LogP contribution in [0.2, 0.25) is 0 Å². The summed E-state index contributed by atoms with van der Waals surface area (Å²) in [7, 11) is 0.